The van der Waals surface area contributed by atoms with Crippen molar-refractivity contribution >= 4 is 0 Å². The van der Waals surface area contributed by atoms with Crippen LogP contribution >= 0.6 is 0 Å². The molecule has 4 nitrogen and oxygen atoms in total. The number of ether oxygens (including phenoxy) is 3. The average molecular weight is 193 g/mol. The predicted octanol–water partition coefficient (Wildman–Crippen LogP) is 1.05. The largest absolute Gasteiger partial charge is 0.481 e. The standard InChI is InChI=1S/C10H11NO3/c1-4-8-5-10(13-3)11-6-9(8)14-7-12-2/h1,5-6H,7H2,2-3H3. The third-order valence-corrected chi connectivity index (χ3v) is 1.54. The van der Waals surface area contributed by atoms with Crippen LogP contribution in [0.1, 0.15) is 5.56 Å². The van der Waals surface area contributed by atoms with E-state index in [1.165, 1.54) is 20.4 Å². The van der Waals surface area contributed by atoms with Crippen molar-refractivity contribution in [3.63, 3.8) is 0 Å². The summed E-state index contributed by atoms with van der Waals surface area (Å²) < 4.78 is 14.9. The molecule has 1 aromatic rings. The molecule has 0 saturated heterocycles. The van der Waals surface area contributed by atoms with Gasteiger partial charge in [0.15, 0.2) is 12.5 Å². The summed E-state index contributed by atoms with van der Waals surface area (Å²) in [6.07, 6.45) is 6.80. The first kappa shape index (κ1) is 10.4. The fourth-order valence-corrected chi connectivity index (χ4v) is 0.886. The van der Waals surface area contributed by atoms with Gasteiger partial charge in [0.05, 0.1) is 18.9 Å². The Balaban J connectivity index is 2.89. The molecule has 74 valence electrons. The average Bonchev–Trinajstić information content (AvgIpc) is 2.26. The molecular formula is C10H11NO3. The molecule has 1 heterocycles. The number of aromatic nitrogens is 1. The van der Waals surface area contributed by atoms with Gasteiger partial charge in [-0.25, -0.2) is 4.98 Å². The minimum atomic E-state index is 0.142. The minimum Gasteiger partial charge on any atom is -0.481 e. The third-order valence-electron chi connectivity index (χ3n) is 1.54. The van der Waals surface area contributed by atoms with E-state index >= 15 is 0 Å². The maximum absolute atomic E-state index is 5.29. The second kappa shape index (κ2) is 5.10. The molecule has 0 amide bonds. The Morgan fingerprint density at radius 3 is 2.86 bits per heavy atom. The third kappa shape index (κ3) is 2.38. The molecule has 1 rings (SSSR count). The molecule has 0 saturated carbocycles. The summed E-state index contributed by atoms with van der Waals surface area (Å²) in [5.74, 6) is 3.45. The van der Waals surface area contributed by atoms with Gasteiger partial charge in [-0.05, 0) is 0 Å². The highest BCUT2D eigenvalue weighted by molar-refractivity contribution is 5.45. The Labute approximate surface area is 82.8 Å². The van der Waals surface area contributed by atoms with Crippen molar-refractivity contribution in [2.75, 3.05) is 21.0 Å². The molecule has 0 unspecified atom stereocenters. The van der Waals surface area contributed by atoms with E-state index in [9.17, 15) is 0 Å². The predicted molar refractivity (Wildman–Crippen MR) is 51.2 cm³/mol. The van der Waals surface area contributed by atoms with Crippen molar-refractivity contribution in [1.82, 2.24) is 4.98 Å². The van der Waals surface area contributed by atoms with Crippen molar-refractivity contribution < 1.29 is 14.2 Å². The normalized spacial score (nSPS) is 9.21. The van der Waals surface area contributed by atoms with Gasteiger partial charge in [0.2, 0.25) is 5.88 Å². The zero-order valence-electron chi connectivity index (χ0n) is 8.11. The summed E-state index contributed by atoms with van der Waals surface area (Å²) in [5, 5.41) is 0. The lowest BCUT2D eigenvalue weighted by Gasteiger charge is -2.07. The fourth-order valence-electron chi connectivity index (χ4n) is 0.886. The first-order valence-corrected chi connectivity index (χ1v) is 3.94. The van der Waals surface area contributed by atoms with Gasteiger partial charge in [-0.3, -0.25) is 0 Å². The number of methoxy groups -OCH3 is 2. The summed E-state index contributed by atoms with van der Waals surface area (Å²) in [6, 6.07) is 1.63. The lowest BCUT2D eigenvalue weighted by Crippen LogP contribution is -2.01. The van der Waals surface area contributed by atoms with Crippen LogP contribution in [0.3, 0.4) is 0 Å². The van der Waals surface area contributed by atoms with Gasteiger partial charge >= 0.3 is 0 Å². The van der Waals surface area contributed by atoms with Crippen LogP contribution in [-0.2, 0) is 4.74 Å². The molecule has 0 aliphatic carbocycles. The van der Waals surface area contributed by atoms with E-state index in [1.54, 1.807) is 6.07 Å². The molecule has 0 aliphatic heterocycles. The molecule has 0 radical (unpaired) electrons. The molecule has 14 heavy (non-hydrogen) atoms. The SMILES string of the molecule is C#Cc1cc(OC)ncc1OCOC. The highest BCUT2D eigenvalue weighted by Crippen LogP contribution is 2.20. The van der Waals surface area contributed by atoms with Crippen molar-refractivity contribution in [3.05, 3.63) is 17.8 Å². The van der Waals surface area contributed by atoms with E-state index < -0.39 is 0 Å². The Morgan fingerprint density at radius 2 is 2.29 bits per heavy atom. The van der Waals surface area contributed by atoms with Gasteiger partial charge in [0.25, 0.3) is 0 Å². The number of rotatable bonds is 4. The molecular weight excluding hydrogens is 182 g/mol. The quantitative estimate of drug-likeness (QED) is 0.529. The van der Waals surface area contributed by atoms with Crippen molar-refractivity contribution in [1.29, 1.82) is 0 Å². The summed E-state index contributed by atoms with van der Waals surface area (Å²) in [7, 11) is 3.06. The van der Waals surface area contributed by atoms with Crippen LogP contribution in [0.4, 0.5) is 0 Å². The van der Waals surface area contributed by atoms with Crippen molar-refractivity contribution in [2.24, 2.45) is 0 Å². The minimum absolute atomic E-state index is 0.142. The highest BCUT2D eigenvalue weighted by atomic mass is 16.7. The van der Waals surface area contributed by atoms with Gasteiger partial charge < -0.3 is 14.2 Å². The molecule has 0 spiro atoms. The Bertz CT molecular complexity index is 344. The van der Waals surface area contributed by atoms with Crippen LogP contribution in [0, 0.1) is 12.3 Å². The molecule has 0 atom stereocenters. The van der Waals surface area contributed by atoms with E-state index in [1.807, 2.05) is 0 Å². The molecule has 0 N–H and O–H groups in total. The molecule has 0 fully saturated rings. The van der Waals surface area contributed by atoms with Crippen LogP contribution < -0.4 is 9.47 Å². The second-order valence-corrected chi connectivity index (χ2v) is 2.42. The van der Waals surface area contributed by atoms with Crippen LogP contribution in [0.2, 0.25) is 0 Å². The van der Waals surface area contributed by atoms with Gasteiger partial charge in [-0.2, -0.15) is 0 Å². The summed E-state index contributed by atoms with van der Waals surface area (Å²) >= 11 is 0. The number of pyridine rings is 1. The monoisotopic (exact) mass is 193 g/mol. The fraction of sp³-hybridized carbons (Fsp3) is 0.300. The number of hydrogen-bond donors (Lipinski definition) is 0. The van der Waals surface area contributed by atoms with Gasteiger partial charge in [-0.15, -0.1) is 6.42 Å². The smallest absolute Gasteiger partial charge is 0.214 e. The molecule has 4 heteroatoms. The first-order valence-electron chi connectivity index (χ1n) is 3.94. The summed E-state index contributed by atoms with van der Waals surface area (Å²) in [4.78, 5) is 3.96. The molecule has 0 bridgehead atoms. The summed E-state index contributed by atoms with van der Waals surface area (Å²) in [6.45, 7) is 0.142. The van der Waals surface area contributed by atoms with E-state index in [2.05, 4.69) is 10.9 Å². The molecule has 0 aromatic carbocycles. The zero-order chi connectivity index (χ0) is 10.4. The maximum Gasteiger partial charge on any atom is 0.214 e. The lowest BCUT2D eigenvalue weighted by atomic mass is 10.2. The Kier molecular flexibility index (Phi) is 3.77. The van der Waals surface area contributed by atoms with E-state index in [-0.39, 0.29) is 6.79 Å². The van der Waals surface area contributed by atoms with E-state index in [0.717, 1.165) is 0 Å². The van der Waals surface area contributed by atoms with Crippen LogP contribution in [-0.4, -0.2) is 26.0 Å². The second-order valence-electron chi connectivity index (χ2n) is 2.42. The maximum atomic E-state index is 5.29. The van der Waals surface area contributed by atoms with E-state index in [4.69, 9.17) is 20.6 Å². The lowest BCUT2D eigenvalue weighted by molar-refractivity contribution is 0.0506. The number of terminal acetylenes is 1. The zero-order valence-corrected chi connectivity index (χ0v) is 8.11. The van der Waals surface area contributed by atoms with Crippen molar-refractivity contribution in [2.45, 2.75) is 0 Å². The molecule has 1 aromatic heterocycles. The highest BCUT2D eigenvalue weighted by Gasteiger charge is 2.04. The van der Waals surface area contributed by atoms with Gasteiger partial charge in [0, 0.05) is 13.2 Å². The van der Waals surface area contributed by atoms with Crippen LogP contribution in [0.5, 0.6) is 11.6 Å². The molecule has 0 aliphatic rings. The number of nitrogens with zero attached hydrogens (tertiary/aromatic N) is 1. The van der Waals surface area contributed by atoms with Crippen molar-refractivity contribution in [3.8, 4) is 24.0 Å². The first-order chi connectivity index (χ1) is 6.81. The summed E-state index contributed by atoms with van der Waals surface area (Å²) in [5.41, 5.74) is 0.592. The Morgan fingerprint density at radius 1 is 1.50 bits per heavy atom. The van der Waals surface area contributed by atoms with Gasteiger partial charge in [0.1, 0.15) is 0 Å². The van der Waals surface area contributed by atoms with Gasteiger partial charge in [-0.1, -0.05) is 5.92 Å². The Hall–Kier alpha value is -1.73. The number of hydrogen-bond acceptors (Lipinski definition) is 4. The van der Waals surface area contributed by atoms with E-state index in [0.29, 0.717) is 17.2 Å². The topological polar surface area (TPSA) is 40.6 Å². The van der Waals surface area contributed by atoms with Crippen LogP contribution in [0.15, 0.2) is 12.3 Å². The van der Waals surface area contributed by atoms with Crippen LogP contribution in [0.25, 0.3) is 0 Å².